The summed E-state index contributed by atoms with van der Waals surface area (Å²) in [6, 6.07) is 10.8. The molecule has 1 aliphatic rings. The Labute approximate surface area is 184 Å². The topological polar surface area (TPSA) is 96.7 Å². The van der Waals surface area contributed by atoms with E-state index in [1.165, 1.54) is 24.1 Å². The van der Waals surface area contributed by atoms with Crippen molar-refractivity contribution in [3.63, 3.8) is 0 Å². The molecule has 0 bridgehead atoms. The number of hydrogen-bond acceptors (Lipinski definition) is 5. The van der Waals surface area contributed by atoms with Crippen LogP contribution in [0.1, 0.15) is 34.1 Å². The number of methoxy groups -OCH3 is 1. The number of rotatable bonds is 8. The number of benzene rings is 1. The number of nitrogens with one attached hydrogen (secondary N) is 1. The van der Waals surface area contributed by atoms with Crippen LogP contribution in [-0.4, -0.2) is 45.1 Å². The minimum atomic E-state index is -1.07. The Kier molecular flexibility index (Phi) is 6.07. The van der Waals surface area contributed by atoms with Gasteiger partial charge in [-0.2, -0.15) is 0 Å². The van der Waals surface area contributed by atoms with E-state index in [0.29, 0.717) is 30.9 Å². The molecule has 2 N–H and O–H groups in total. The molecular weight excluding hydrogens is 415 g/mol. The molecule has 0 spiro atoms. The van der Waals surface area contributed by atoms with Gasteiger partial charge in [0.15, 0.2) is 11.6 Å². The third kappa shape index (κ3) is 4.41. The molecule has 166 valence electrons. The number of hydrogen-bond donors (Lipinski definition) is 2. The molecule has 1 atom stereocenters. The van der Waals surface area contributed by atoms with E-state index >= 15 is 0 Å². The van der Waals surface area contributed by atoms with Crippen molar-refractivity contribution in [2.45, 2.75) is 25.6 Å². The molecule has 0 unspecified atom stereocenters. The smallest absolute Gasteiger partial charge is 0.305 e. The number of carbonyl (C=O) groups is 2. The van der Waals surface area contributed by atoms with Crippen LogP contribution in [0.25, 0.3) is 0 Å². The van der Waals surface area contributed by atoms with Crippen LogP contribution < -0.4 is 10.1 Å². The van der Waals surface area contributed by atoms with Gasteiger partial charge in [-0.25, -0.2) is 9.37 Å². The summed E-state index contributed by atoms with van der Waals surface area (Å²) in [5.41, 5.74) is 1.79. The maximum Gasteiger partial charge on any atom is 0.305 e. The van der Waals surface area contributed by atoms with Gasteiger partial charge in [-0.05, 0) is 41.5 Å². The Hall–Kier alpha value is -3.88. The predicted octanol–water partition coefficient (Wildman–Crippen LogP) is 3.31. The number of carboxylic acids is 1. The highest BCUT2D eigenvalue weighted by atomic mass is 19.1. The van der Waals surface area contributed by atoms with E-state index in [-0.39, 0.29) is 18.1 Å². The first-order valence-electron chi connectivity index (χ1n) is 10.2. The van der Waals surface area contributed by atoms with Gasteiger partial charge in [-0.3, -0.25) is 9.59 Å². The lowest BCUT2D eigenvalue weighted by molar-refractivity contribution is -0.138. The average Bonchev–Trinajstić information content (AvgIpc) is 3.21. The average molecular weight is 438 g/mol. The van der Waals surface area contributed by atoms with Crippen molar-refractivity contribution in [2.75, 3.05) is 19.0 Å². The molecule has 1 aromatic carbocycles. The van der Waals surface area contributed by atoms with Crippen molar-refractivity contribution in [1.29, 1.82) is 0 Å². The summed E-state index contributed by atoms with van der Waals surface area (Å²) in [4.78, 5) is 30.5. The number of carboxylic acid groups (broad SMARTS) is 1. The number of ether oxygens (including phenoxy) is 1. The number of aromatic nitrogens is 2. The van der Waals surface area contributed by atoms with Crippen LogP contribution in [0.5, 0.6) is 5.75 Å². The van der Waals surface area contributed by atoms with E-state index in [1.54, 1.807) is 18.3 Å². The van der Waals surface area contributed by atoms with Crippen molar-refractivity contribution in [1.82, 2.24) is 14.5 Å². The lowest BCUT2D eigenvalue weighted by Crippen LogP contribution is -2.43. The summed E-state index contributed by atoms with van der Waals surface area (Å²) in [7, 11) is 1.36. The summed E-state index contributed by atoms with van der Waals surface area (Å²) in [6.45, 7) is 1.32. The highest BCUT2D eigenvalue weighted by molar-refractivity contribution is 5.94. The van der Waals surface area contributed by atoms with E-state index in [0.717, 1.165) is 11.4 Å². The summed E-state index contributed by atoms with van der Waals surface area (Å²) < 4.78 is 21.1. The van der Waals surface area contributed by atoms with Crippen molar-refractivity contribution in [3.8, 4) is 5.75 Å². The van der Waals surface area contributed by atoms with Gasteiger partial charge in [0.2, 0.25) is 0 Å². The van der Waals surface area contributed by atoms with Gasteiger partial charge in [0.05, 0.1) is 19.6 Å². The molecule has 9 heteroatoms. The van der Waals surface area contributed by atoms with Gasteiger partial charge >= 0.3 is 5.97 Å². The molecule has 4 rings (SSSR count). The SMILES string of the molecule is COc1ccc([C@H](CC(=O)O)N2CCn3cc(CNc4ccccn4)cc3C2=O)cc1F. The van der Waals surface area contributed by atoms with Crippen molar-refractivity contribution in [3.05, 3.63) is 77.5 Å². The summed E-state index contributed by atoms with van der Waals surface area (Å²) >= 11 is 0. The third-order valence-electron chi connectivity index (χ3n) is 5.46. The van der Waals surface area contributed by atoms with Crippen LogP contribution in [0, 0.1) is 5.82 Å². The van der Waals surface area contributed by atoms with Crippen molar-refractivity contribution in [2.24, 2.45) is 0 Å². The Morgan fingerprint density at radius 2 is 2.12 bits per heavy atom. The third-order valence-corrected chi connectivity index (χ3v) is 5.46. The molecule has 3 aromatic rings. The van der Waals surface area contributed by atoms with Crippen LogP contribution >= 0.6 is 0 Å². The normalized spacial score (nSPS) is 14.1. The number of amides is 1. The van der Waals surface area contributed by atoms with Crippen molar-refractivity contribution < 1.29 is 23.8 Å². The molecule has 0 radical (unpaired) electrons. The zero-order valence-corrected chi connectivity index (χ0v) is 17.5. The molecule has 1 aliphatic heterocycles. The first-order chi connectivity index (χ1) is 15.5. The molecule has 32 heavy (non-hydrogen) atoms. The molecule has 0 saturated heterocycles. The number of carbonyl (C=O) groups excluding carboxylic acids is 1. The maximum absolute atomic E-state index is 14.3. The van der Waals surface area contributed by atoms with Gasteiger partial charge in [0.1, 0.15) is 11.5 Å². The zero-order valence-electron chi connectivity index (χ0n) is 17.5. The highest BCUT2D eigenvalue weighted by Gasteiger charge is 2.33. The van der Waals surface area contributed by atoms with E-state index in [9.17, 15) is 19.1 Å². The molecule has 3 heterocycles. The molecule has 0 fully saturated rings. The second-order valence-corrected chi connectivity index (χ2v) is 7.50. The standard InChI is InChI=1S/C23H23FN4O4/c1-32-20-6-5-16(11-17(20)24)18(12-22(29)30)28-9-8-27-14-15(10-19(27)23(28)31)13-26-21-4-2-3-7-25-21/h2-7,10-11,14,18H,8-9,12-13H2,1H3,(H,25,26)(H,29,30)/t18-/m0/s1. The number of fused-ring (bicyclic) bond motifs is 1. The zero-order chi connectivity index (χ0) is 22.7. The number of halogens is 1. The lowest BCUT2D eigenvalue weighted by atomic mass is 10.00. The Bertz CT molecular complexity index is 1130. The summed E-state index contributed by atoms with van der Waals surface area (Å²) in [5, 5.41) is 12.6. The maximum atomic E-state index is 14.3. The Morgan fingerprint density at radius 3 is 2.81 bits per heavy atom. The van der Waals surface area contributed by atoms with Crippen LogP contribution in [0.2, 0.25) is 0 Å². The fourth-order valence-electron chi connectivity index (χ4n) is 3.92. The Morgan fingerprint density at radius 1 is 1.28 bits per heavy atom. The fraction of sp³-hybridized carbons (Fsp3) is 0.261. The lowest BCUT2D eigenvalue weighted by Gasteiger charge is -2.35. The second kappa shape index (κ2) is 9.09. The first-order valence-corrected chi connectivity index (χ1v) is 10.2. The number of nitrogens with zero attached hydrogens (tertiary/aromatic N) is 3. The quantitative estimate of drug-likeness (QED) is 0.560. The molecule has 8 nitrogen and oxygen atoms in total. The van der Waals surface area contributed by atoms with E-state index in [1.807, 2.05) is 29.0 Å². The van der Waals surface area contributed by atoms with Crippen LogP contribution in [0.15, 0.2) is 54.9 Å². The molecule has 1 amide bonds. The van der Waals surface area contributed by atoms with Crippen LogP contribution in [-0.2, 0) is 17.9 Å². The molecule has 0 aliphatic carbocycles. The molecule has 2 aromatic heterocycles. The van der Waals surface area contributed by atoms with Gasteiger partial charge in [0, 0.05) is 32.0 Å². The molecule has 0 saturated carbocycles. The van der Waals surface area contributed by atoms with Gasteiger partial charge in [-0.1, -0.05) is 12.1 Å². The summed E-state index contributed by atoms with van der Waals surface area (Å²) in [6.07, 6.45) is 3.27. The minimum Gasteiger partial charge on any atom is -0.494 e. The van der Waals surface area contributed by atoms with Crippen molar-refractivity contribution >= 4 is 17.7 Å². The second-order valence-electron chi connectivity index (χ2n) is 7.50. The summed E-state index contributed by atoms with van der Waals surface area (Å²) in [5.74, 6) is -1.17. The monoisotopic (exact) mass is 438 g/mol. The van der Waals surface area contributed by atoms with E-state index in [4.69, 9.17) is 4.74 Å². The van der Waals surface area contributed by atoms with Crippen LogP contribution in [0.4, 0.5) is 10.2 Å². The first kappa shape index (κ1) is 21.4. The van der Waals surface area contributed by atoms with E-state index in [2.05, 4.69) is 10.3 Å². The number of aliphatic carboxylic acids is 1. The van der Waals surface area contributed by atoms with Gasteiger partial charge in [-0.15, -0.1) is 0 Å². The minimum absolute atomic E-state index is 0.0618. The van der Waals surface area contributed by atoms with Crippen LogP contribution in [0.3, 0.4) is 0 Å². The highest BCUT2D eigenvalue weighted by Crippen LogP contribution is 2.31. The molecular formula is C23H23FN4O4. The number of anilines is 1. The van der Waals surface area contributed by atoms with Gasteiger partial charge < -0.3 is 24.6 Å². The number of pyridine rings is 1. The predicted molar refractivity (Wildman–Crippen MR) is 115 cm³/mol. The Balaban J connectivity index is 1.56. The van der Waals surface area contributed by atoms with E-state index < -0.39 is 17.8 Å². The van der Waals surface area contributed by atoms with Gasteiger partial charge in [0.25, 0.3) is 5.91 Å². The fourth-order valence-corrected chi connectivity index (χ4v) is 3.92. The largest absolute Gasteiger partial charge is 0.494 e.